The van der Waals surface area contributed by atoms with E-state index in [0.717, 1.165) is 5.75 Å². The zero-order chi connectivity index (χ0) is 22.4. The molecule has 0 aromatic heterocycles. The van der Waals surface area contributed by atoms with Crippen molar-refractivity contribution in [3.05, 3.63) is 64.8 Å². The average molecular weight is 443 g/mol. The summed E-state index contributed by atoms with van der Waals surface area (Å²) in [5, 5.41) is 3.70. The molecule has 164 valence electrons. The fraction of sp³-hybridized carbons (Fsp3) is 0.333. The summed E-state index contributed by atoms with van der Waals surface area (Å²) in [5.74, 6) is 0.0545. The summed E-state index contributed by atoms with van der Waals surface area (Å²) in [6.07, 6.45) is 0.644. The van der Waals surface area contributed by atoms with Gasteiger partial charge in [-0.25, -0.2) is 0 Å². The fourth-order valence-electron chi connectivity index (χ4n) is 3.28. The average Bonchev–Trinajstić information content (AvgIpc) is 2.97. The third kappa shape index (κ3) is 5.66. The number of imide groups is 1. The first kappa shape index (κ1) is 22.8. The second-order valence-corrected chi connectivity index (χ2v) is 7.82. The van der Waals surface area contributed by atoms with Crippen LogP contribution in [0, 0.1) is 0 Å². The quantitative estimate of drug-likeness (QED) is 0.425. The molecule has 6 nitrogen and oxygen atoms in total. The summed E-state index contributed by atoms with van der Waals surface area (Å²) in [7, 11) is 0. The molecule has 1 heterocycles. The predicted octanol–water partition coefficient (Wildman–Crippen LogP) is 4.75. The van der Waals surface area contributed by atoms with Crippen molar-refractivity contribution < 1.29 is 19.1 Å². The minimum atomic E-state index is -0.353. The number of amides is 2. The SMILES string of the molecule is CCOCCCN1C(=O)C(Nc2ccc(OC(C)C)cc2)=C(c2ccc(Cl)cc2)C1=O. The lowest BCUT2D eigenvalue weighted by Gasteiger charge is -2.15. The molecule has 1 aliphatic heterocycles. The third-order valence-corrected chi connectivity index (χ3v) is 4.92. The summed E-state index contributed by atoms with van der Waals surface area (Å²) in [6, 6.07) is 14.2. The maximum atomic E-state index is 13.2. The van der Waals surface area contributed by atoms with Gasteiger partial charge in [-0.05, 0) is 69.2 Å². The molecule has 2 amide bonds. The van der Waals surface area contributed by atoms with Gasteiger partial charge in [-0.15, -0.1) is 0 Å². The lowest BCUT2D eigenvalue weighted by atomic mass is 10.0. The van der Waals surface area contributed by atoms with E-state index in [-0.39, 0.29) is 23.6 Å². The number of carbonyl (C=O) groups excluding carboxylic acids is 2. The molecule has 2 aromatic rings. The number of halogens is 1. The highest BCUT2D eigenvalue weighted by atomic mass is 35.5. The summed E-state index contributed by atoms with van der Waals surface area (Å²) in [4.78, 5) is 27.6. The van der Waals surface area contributed by atoms with E-state index in [0.29, 0.717) is 48.0 Å². The second-order valence-electron chi connectivity index (χ2n) is 7.39. The summed E-state index contributed by atoms with van der Waals surface area (Å²) < 4.78 is 11.0. The molecule has 1 N–H and O–H groups in total. The third-order valence-electron chi connectivity index (χ3n) is 4.67. The first-order valence-electron chi connectivity index (χ1n) is 10.4. The number of carbonyl (C=O) groups is 2. The van der Waals surface area contributed by atoms with E-state index in [4.69, 9.17) is 21.1 Å². The molecule has 0 unspecified atom stereocenters. The van der Waals surface area contributed by atoms with E-state index in [2.05, 4.69) is 5.32 Å². The number of hydrogen-bond acceptors (Lipinski definition) is 5. The molecule has 31 heavy (non-hydrogen) atoms. The van der Waals surface area contributed by atoms with Crippen molar-refractivity contribution in [2.75, 3.05) is 25.1 Å². The van der Waals surface area contributed by atoms with Crippen LogP contribution in [0.15, 0.2) is 54.2 Å². The van der Waals surface area contributed by atoms with Gasteiger partial charge in [0.25, 0.3) is 11.8 Å². The Morgan fingerprint density at radius 3 is 2.29 bits per heavy atom. The lowest BCUT2D eigenvalue weighted by molar-refractivity contribution is -0.137. The first-order chi connectivity index (χ1) is 14.9. The highest BCUT2D eigenvalue weighted by molar-refractivity contribution is 6.36. The van der Waals surface area contributed by atoms with Crippen molar-refractivity contribution in [3.63, 3.8) is 0 Å². The van der Waals surface area contributed by atoms with Gasteiger partial charge in [-0.2, -0.15) is 0 Å². The zero-order valence-corrected chi connectivity index (χ0v) is 18.7. The van der Waals surface area contributed by atoms with Gasteiger partial charge >= 0.3 is 0 Å². The Labute approximate surface area is 187 Å². The first-order valence-corrected chi connectivity index (χ1v) is 10.8. The standard InChI is InChI=1S/C24H27ClN2O4/c1-4-30-15-5-14-27-23(28)21(17-6-8-18(25)9-7-17)22(24(27)29)26-19-10-12-20(13-11-19)31-16(2)3/h6-13,16,26H,4-5,14-15H2,1-3H3. The Balaban J connectivity index is 1.88. The molecule has 0 saturated heterocycles. The number of nitrogens with one attached hydrogen (secondary N) is 1. The van der Waals surface area contributed by atoms with E-state index in [1.165, 1.54) is 4.90 Å². The van der Waals surface area contributed by atoms with Gasteiger partial charge in [0.15, 0.2) is 0 Å². The molecule has 0 fully saturated rings. The predicted molar refractivity (Wildman–Crippen MR) is 122 cm³/mol. The molecule has 2 aromatic carbocycles. The number of rotatable bonds is 10. The smallest absolute Gasteiger partial charge is 0.278 e. The monoisotopic (exact) mass is 442 g/mol. The maximum Gasteiger partial charge on any atom is 0.278 e. The fourth-order valence-corrected chi connectivity index (χ4v) is 3.41. The molecular weight excluding hydrogens is 416 g/mol. The van der Waals surface area contributed by atoms with Crippen LogP contribution in [0.25, 0.3) is 5.57 Å². The van der Waals surface area contributed by atoms with Crippen LogP contribution in [0.5, 0.6) is 5.75 Å². The number of benzene rings is 2. The highest BCUT2D eigenvalue weighted by Gasteiger charge is 2.38. The molecule has 7 heteroatoms. The van der Waals surface area contributed by atoms with Crippen LogP contribution in [0.2, 0.25) is 5.02 Å². The summed E-state index contributed by atoms with van der Waals surface area (Å²) in [6.45, 7) is 7.20. The van der Waals surface area contributed by atoms with Crippen molar-refractivity contribution in [3.8, 4) is 5.75 Å². The number of anilines is 1. The van der Waals surface area contributed by atoms with Crippen LogP contribution >= 0.6 is 11.6 Å². The van der Waals surface area contributed by atoms with E-state index < -0.39 is 0 Å². The van der Waals surface area contributed by atoms with E-state index in [9.17, 15) is 9.59 Å². The van der Waals surface area contributed by atoms with Crippen LogP contribution in [-0.4, -0.2) is 42.6 Å². The van der Waals surface area contributed by atoms with Gasteiger partial charge in [0, 0.05) is 30.5 Å². The Kier molecular flexibility index (Phi) is 7.71. The molecule has 3 rings (SSSR count). The van der Waals surface area contributed by atoms with Crippen LogP contribution < -0.4 is 10.1 Å². The normalized spacial score (nSPS) is 14.0. The number of nitrogens with zero attached hydrogens (tertiary/aromatic N) is 1. The van der Waals surface area contributed by atoms with Crippen LogP contribution in [0.1, 0.15) is 32.8 Å². The lowest BCUT2D eigenvalue weighted by Crippen LogP contribution is -2.34. The van der Waals surface area contributed by atoms with Crippen LogP contribution in [0.4, 0.5) is 5.69 Å². The van der Waals surface area contributed by atoms with Gasteiger partial charge in [0.1, 0.15) is 11.4 Å². The van der Waals surface area contributed by atoms with Crippen LogP contribution in [-0.2, 0) is 14.3 Å². The molecule has 1 aliphatic rings. The van der Waals surface area contributed by atoms with Gasteiger partial charge in [0.2, 0.25) is 0 Å². The Morgan fingerprint density at radius 1 is 1.00 bits per heavy atom. The van der Waals surface area contributed by atoms with Gasteiger partial charge in [-0.3, -0.25) is 14.5 Å². The van der Waals surface area contributed by atoms with Crippen LogP contribution in [0.3, 0.4) is 0 Å². The zero-order valence-electron chi connectivity index (χ0n) is 18.0. The molecule has 0 spiro atoms. The van der Waals surface area contributed by atoms with Gasteiger partial charge in [0.05, 0.1) is 11.7 Å². The minimum absolute atomic E-state index is 0.0669. The molecular formula is C24H27ClN2O4. The summed E-state index contributed by atoms with van der Waals surface area (Å²) >= 11 is 6.01. The molecule has 0 saturated carbocycles. The molecule has 0 aliphatic carbocycles. The Hall–Kier alpha value is -2.83. The minimum Gasteiger partial charge on any atom is -0.491 e. The van der Waals surface area contributed by atoms with Crippen molar-refractivity contribution in [1.82, 2.24) is 4.90 Å². The van der Waals surface area contributed by atoms with E-state index in [1.54, 1.807) is 24.3 Å². The Bertz CT molecular complexity index is 953. The highest BCUT2D eigenvalue weighted by Crippen LogP contribution is 2.31. The summed E-state index contributed by atoms with van der Waals surface area (Å²) in [5.41, 5.74) is 1.91. The van der Waals surface area contributed by atoms with Gasteiger partial charge < -0.3 is 14.8 Å². The van der Waals surface area contributed by atoms with E-state index >= 15 is 0 Å². The largest absolute Gasteiger partial charge is 0.491 e. The van der Waals surface area contributed by atoms with Crippen molar-refractivity contribution >= 4 is 34.7 Å². The van der Waals surface area contributed by atoms with Gasteiger partial charge in [-0.1, -0.05) is 23.7 Å². The maximum absolute atomic E-state index is 13.2. The van der Waals surface area contributed by atoms with Crippen molar-refractivity contribution in [2.45, 2.75) is 33.3 Å². The van der Waals surface area contributed by atoms with E-state index in [1.807, 2.05) is 45.0 Å². The molecule has 0 atom stereocenters. The Morgan fingerprint density at radius 2 is 1.68 bits per heavy atom. The molecule has 0 radical (unpaired) electrons. The van der Waals surface area contributed by atoms with Crippen molar-refractivity contribution in [1.29, 1.82) is 0 Å². The topological polar surface area (TPSA) is 67.9 Å². The number of ether oxygens (including phenoxy) is 2. The van der Waals surface area contributed by atoms with Crippen molar-refractivity contribution in [2.24, 2.45) is 0 Å². The number of hydrogen-bond donors (Lipinski definition) is 1. The molecule has 0 bridgehead atoms. The second kappa shape index (κ2) is 10.5.